The number of carbonyl (C=O) groups is 2. The number of nitrogens with one attached hydrogen (secondary N) is 1. The zero-order valence-corrected chi connectivity index (χ0v) is 15.1. The zero-order valence-electron chi connectivity index (χ0n) is 15.1. The first-order chi connectivity index (χ1) is 13.1. The Morgan fingerprint density at radius 2 is 1.89 bits per heavy atom. The molecule has 27 heavy (non-hydrogen) atoms. The summed E-state index contributed by atoms with van der Waals surface area (Å²) in [6.45, 7) is 1.86. The van der Waals surface area contributed by atoms with Crippen LogP contribution < -0.4 is 10.1 Å². The predicted molar refractivity (Wildman–Crippen MR) is 98.1 cm³/mol. The van der Waals surface area contributed by atoms with Crippen molar-refractivity contribution in [2.24, 2.45) is 0 Å². The van der Waals surface area contributed by atoms with Gasteiger partial charge in [-0.05, 0) is 36.8 Å². The molecule has 1 atom stereocenters. The number of para-hydroxylation sites is 1. The fourth-order valence-electron chi connectivity index (χ4n) is 2.57. The van der Waals surface area contributed by atoms with E-state index in [4.69, 9.17) is 14.0 Å². The van der Waals surface area contributed by atoms with E-state index in [2.05, 4.69) is 10.5 Å². The van der Waals surface area contributed by atoms with Gasteiger partial charge in [0.2, 0.25) is 0 Å². The summed E-state index contributed by atoms with van der Waals surface area (Å²) in [7, 11) is 1.59. The molecule has 3 rings (SSSR count). The SMILES string of the molecule is COc1ccc(CNC(=O)[C@H](C)OC(=O)Cc2noc3ccccc23)cc1. The second kappa shape index (κ2) is 8.35. The molecule has 0 fully saturated rings. The molecule has 7 nitrogen and oxygen atoms in total. The van der Waals surface area contributed by atoms with Gasteiger partial charge in [0.1, 0.15) is 11.4 Å². The van der Waals surface area contributed by atoms with E-state index in [1.807, 2.05) is 42.5 Å². The van der Waals surface area contributed by atoms with Crippen molar-refractivity contribution in [1.82, 2.24) is 10.5 Å². The van der Waals surface area contributed by atoms with Crippen molar-refractivity contribution >= 4 is 22.8 Å². The van der Waals surface area contributed by atoms with Gasteiger partial charge in [-0.15, -0.1) is 0 Å². The molecule has 0 bridgehead atoms. The van der Waals surface area contributed by atoms with E-state index in [0.29, 0.717) is 17.8 Å². The summed E-state index contributed by atoms with van der Waals surface area (Å²) in [5.41, 5.74) is 2.00. The molecule has 0 spiro atoms. The highest BCUT2D eigenvalue weighted by atomic mass is 16.5. The third-order valence-electron chi connectivity index (χ3n) is 4.07. The fraction of sp³-hybridized carbons (Fsp3) is 0.250. The third kappa shape index (κ3) is 4.63. The second-order valence-electron chi connectivity index (χ2n) is 6.00. The molecule has 140 valence electrons. The lowest BCUT2D eigenvalue weighted by molar-refractivity contribution is -0.154. The number of hydrogen-bond donors (Lipinski definition) is 1. The van der Waals surface area contributed by atoms with Crippen LogP contribution in [-0.4, -0.2) is 30.2 Å². The number of amides is 1. The molecule has 1 amide bonds. The van der Waals surface area contributed by atoms with E-state index in [-0.39, 0.29) is 12.3 Å². The molecule has 0 saturated carbocycles. The summed E-state index contributed by atoms with van der Waals surface area (Å²) in [5, 5.41) is 7.39. The molecular weight excluding hydrogens is 348 g/mol. The third-order valence-corrected chi connectivity index (χ3v) is 4.07. The Hall–Kier alpha value is -3.35. The summed E-state index contributed by atoms with van der Waals surface area (Å²) in [6.07, 6.45) is -0.971. The molecule has 0 saturated heterocycles. The van der Waals surface area contributed by atoms with E-state index in [1.165, 1.54) is 6.92 Å². The average Bonchev–Trinajstić information content (AvgIpc) is 3.09. The van der Waals surface area contributed by atoms with Crippen LogP contribution in [0.15, 0.2) is 53.1 Å². The van der Waals surface area contributed by atoms with Gasteiger partial charge in [-0.3, -0.25) is 9.59 Å². The molecule has 3 aromatic rings. The lowest BCUT2D eigenvalue weighted by Crippen LogP contribution is -2.35. The van der Waals surface area contributed by atoms with Gasteiger partial charge >= 0.3 is 5.97 Å². The molecule has 2 aromatic carbocycles. The topological polar surface area (TPSA) is 90.7 Å². The monoisotopic (exact) mass is 368 g/mol. The van der Waals surface area contributed by atoms with Crippen molar-refractivity contribution in [2.75, 3.05) is 7.11 Å². The Balaban J connectivity index is 1.50. The van der Waals surface area contributed by atoms with Gasteiger partial charge in [0.15, 0.2) is 11.7 Å². The summed E-state index contributed by atoms with van der Waals surface area (Å²) in [6, 6.07) is 14.6. The standard InChI is InChI=1S/C20H20N2O5/c1-13(20(24)21-12-14-7-9-15(25-2)10-8-14)26-19(23)11-17-16-5-3-4-6-18(16)27-22-17/h3-10,13H,11-12H2,1-2H3,(H,21,24)/t13-/m0/s1. The number of hydrogen-bond acceptors (Lipinski definition) is 6. The average molecular weight is 368 g/mol. The molecule has 0 aliphatic carbocycles. The number of rotatable bonds is 7. The lowest BCUT2D eigenvalue weighted by Gasteiger charge is -2.13. The van der Waals surface area contributed by atoms with Crippen LogP contribution in [0.1, 0.15) is 18.2 Å². The van der Waals surface area contributed by atoms with Crippen LogP contribution in [0.3, 0.4) is 0 Å². The predicted octanol–water partition coefficient (Wildman–Crippen LogP) is 2.63. The van der Waals surface area contributed by atoms with Gasteiger partial charge in [0.05, 0.1) is 13.5 Å². The van der Waals surface area contributed by atoms with Crippen LogP contribution in [0.4, 0.5) is 0 Å². The van der Waals surface area contributed by atoms with Crippen LogP contribution in [0, 0.1) is 0 Å². The number of benzene rings is 2. The van der Waals surface area contributed by atoms with Crippen LogP contribution >= 0.6 is 0 Å². The number of nitrogens with zero attached hydrogens (tertiary/aromatic N) is 1. The number of methoxy groups -OCH3 is 1. The first-order valence-corrected chi connectivity index (χ1v) is 8.50. The van der Waals surface area contributed by atoms with Crippen molar-refractivity contribution in [3.05, 3.63) is 59.8 Å². The highest BCUT2D eigenvalue weighted by Crippen LogP contribution is 2.18. The fourth-order valence-corrected chi connectivity index (χ4v) is 2.57. The van der Waals surface area contributed by atoms with Crippen LogP contribution in [0.25, 0.3) is 11.0 Å². The van der Waals surface area contributed by atoms with E-state index >= 15 is 0 Å². The first-order valence-electron chi connectivity index (χ1n) is 8.50. The minimum absolute atomic E-state index is 0.0624. The minimum atomic E-state index is -0.908. The number of fused-ring (bicyclic) bond motifs is 1. The molecule has 0 aliphatic rings. The number of aromatic nitrogens is 1. The van der Waals surface area contributed by atoms with Gasteiger partial charge in [-0.1, -0.05) is 29.4 Å². The number of carbonyl (C=O) groups excluding carboxylic acids is 2. The number of ether oxygens (including phenoxy) is 2. The summed E-state index contributed by atoms with van der Waals surface area (Å²) < 4.78 is 15.5. The Morgan fingerprint density at radius 3 is 2.63 bits per heavy atom. The molecule has 0 radical (unpaired) electrons. The van der Waals surface area contributed by atoms with Crippen molar-refractivity contribution in [3.63, 3.8) is 0 Å². The highest BCUT2D eigenvalue weighted by molar-refractivity contribution is 5.86. The van der Waals surface area contributed by atoms with E-state index in [0.717, 1.165) is 16.7 Å². The Labute approximate surface area is 156 Å². The lowest BCUT2D eigenvalue weighted by atomic mass is 10.2. The van der Waals surface area contributed by atoms with Crippen LogP contribution in [-0.2, 0) is 27.3 Å². The van der Waals surface area contributed by atoms with Crippen LogP contribution in [0.2, 0.25) is 0 Å². The van der Waals surface area contributed by atoms with Crippen molar-refractivity contribution in [1.29, 1.82) is 0 Å². The van der Waals surface area contributed by atoms with Crippen molar-refractivity contribution < 1.29 is 23.6 Å². The van der Waals surface area contributed by atoms with E-state index < -0.39 is 12.1 Å². The van der Waals surface area contributed by atoms with Gasteiger partial charge in [-0.2, -0.15) is 0 Å². The smallest absolute Gasteiger partial charge is 0.312 e. The van der Waals surface area contributed by atoms with Crippen molar-refractivity contribution in [3.8, 4) is 5.75 Å². The molecule has 1 N–H and O–H groups in total. The maximum atomic E-state index is 12.1. The van der Waals surface area contributed by atoms with Gasteiger partial charge in [0.25, 0.3) is 5.91 Å². The quantitative estimate of drug-likeness (QED) is 0.645. The van der Waals surface area contributed by atoms with Gasteiger partial charge < -0.3 is 19.3 Å². The Bertz CT molecular complexity index is 933. The second-order valence-corrected chi connectivity index (χ2v) is 6.00. The molecular formula is C20H20N2O5. The molecule has 1 heterocycles. The van der Waals surface area contributed by atoms with E-state index in [9.17, 15) is 9.59 Å². The zero-order chi connectivity index (χ0) is 19.2. The summed E-state index contributed by atoms with van der Waals surface area (Å²) in [4.78, 5) is 24.3. The molecule has 0 aliphatic heterocycles. The Morgan fingerprint density at radius 1 is 1.15 bits per heavy atom. The minimum Gasteiger partial charge on any atom is -0.497 e. The summed E-state index contributed by atoms with van der Waals surface area (Å²) in [5.74, 6) is -0.168. The first kappa shape index (κ1) is 18.4. The largest absolute Gasteiger partial charge is 0.497 e. The maximum absolute atomic E-state index is 12.1. The van der Waals surface area contributed by atoms with Crippen molar-refractivity contribution in [2.45, 2.75) is 26.0 Å². The highest BCUT2D eigenvalue weighted by Gasteiger charge is 2.20. The van der Waals surface area contributed by atoms with Crippen LogP contribution in [0.5, 0.6) is 5.75 Å². The normalized spacial score (nSPS) is 11.8. The summed E-state index contributed by atoms with van der Waals surface area (Å²) >= 11 is 0. The number of esters is 1. The van der Waals surface area contributed by atoms with E-state index in [1.54, 1.807) is 13.2 Å². The molecule has 1 aromatic heterocycles. The molecule has 7 heteroatoms. The molecule has 0 unspecified atom stereocenters. The van der Waals surface area contributed by atoms with Gasteiger partial charge in [-0.25, -0.2) is 0 Å². The maximum Gasteiger partial charge on any atom is 0.312 e. The Kier molecular flexibility index (Phi) is 5.71. The van der Waals surface area contributed by atoms with Gasteiger partial charge in [0, 0.05) is 11.9 Å².